The highest BCUT2D eigenvalue weighted by Gasteiger charge is 2.31. The van der Waals surface area contributed by atoms with Crippen molar-refractivity contribution in [2.24, 2.45) is 5.92 Å². The highest BCUT2D eigenvalue weighted by atomic mass is 35.5. The molecule has 1 atom stereocenters. The van der Waals surface area contributed by atoms with Gasteiger partial charge in [0.15, 0.2) is 5.82 Å². The number of nitrogens with zero attached hydrogens (tertiary/aromatic N) is 3. The van der Waals surface area contributed by atoms with Crippen LogP contribution in [-0.2, 0) is 10.0 Å². The summed E-state index contributed by atoms with van der Waals surface area (Å²) in [5, 5.41) is 6.63. The van der Waals surface area contributed by atoms with E-state index < -0.39 is 21.7 Å². The minimum Gasteiger partial charge on any atom is -0.322 e. The van der Waals surface area contributed by atoms with Crippen LogP contribution < -0.4 is 5.32 Å². The Morgan fingerprint density at radius 3 is 2.75 bits per heavy atom. The fourth-order valence-corrected chi connectivity index (χ4v) is 5.83. The van der Waals surface area contributed by atoms with E-state index in [1.54, 1.807) is 18.3 Å². The summed E-state index contributed by atoms with van der Waals surface area (Å²) in [5.41, 5.74) is 0.575. The molecule has 1 fully saturated rings. The van der Waals surface area contributed by atoms with Crippen molar-refractivity contribution >= 4 is 33.2 Å². The van der Waals surface area contributed by atoms with Crippen LogP contribution in [0.15, 0.2) is 59.8 Å². The maximum atomic E-state index is 14.5. The van der Waals surface area contributed by atoms with Gasteiger partial charge in [0.1, 0.15) is 10.6 Å². The van der Waals surface area contributed by atoms with Crippen molar-refractivity contribution in [1.82, 2.24) is 14.1 Å². The minimum absolute atomic E-state index is 0.0504. The Labute approximate surface area is 190 Å². The normalized spacial score (nSPS) is 17.3. The fraction of sp³-hybridized carbons (Fsp3) is 0.273. The van der Waals surface area contributed by atoms with Crippen molar-refractivity contribution in [3.05, 3.63) is 71.3 Å². The summed E-state index contributed by atoms with van der Waals surface area (Å²) in [6.07, 6.45) is 4.89. The summed E-state index contributed by atoms with van der Waals surface area (Å²) >= 11 is 6.19. The van der Waals surface area contributed by atoms with Crippen molar-refractivity contribution in [2.45, 2.75) is 24.7 Å². The van der Waals surface area contributed by atoms with Crippen LogP contribution in [0.4, 0.5) is 10.1 Å². The SMILES string of the molecule is CC1CCCN(S(=O)(=O)c2cc(C(=O)Nc3ccc(-n4cccn4)c(F)c3)ccc2Cl)C1. The molecule has 0 bridgehead atoms. The first-order valence-electron chi connectivity index (χ1n) is 10.2. The average Bonchev–Trinajstić information content (AvgIpc) is 3.28. The Morgan fingerprint density at radius 1 is 1.25 bits per heavy atom. The molecule has 7 nitrogen and oxygen atoms in total. The zero-order chi connectivity index (χ0) is 22.9. The van der Waals surface area contributed by atoms with Gasteiger partial charge in [0.2, 0.25) is 10.0 Å². The molecule has 1 N–H and O–H groups in total. The van der Waals surface area contributed by atoms with Crippen LogP contribution >= 0.6 is 11.6 Å². The zero-order valence-electron chi connectivity index (χ0n) is 17.3. The number of hydrogen-bond donors (Lipinski definition) is 1. The molecular formula is C22H22ClFN4O3S. The van der Waals surface area contributed by atoms with Gasteiger partial charge in [-0.25, -0.2) is 17.5 Å². The molecule has 0 spiro atoms. The highest BCUT2D eigenvalue weighted by Crippen LogP contribution is 2.29. The second-order valence-corrected chi connectivity index (χ2v) is 10.1. The number of nitrogens with one attached hydrogen (secondary N) is 1. The summed E-state index contributed by atoms with van der Waals surface area (Å²) < 4.78 is 43.5. The number of halogens is 2. The Hall–Kier alpha value is -2.75. The highest BCUT2D eigenvalue weighted by molar-refractivity contribution is 7.89. The van der Waals surface area contributed by atoms with E-state index in [1.165, 1.54) is 45.5 Å². The molecule has 1 unspecified atom stereocenters. The van der Waals surface area contributed by atoms with Crippen molar-refractivity contribution in [3.63, 3.8) is 0 Å². The molecule has 1 amide bonds. The van der Waals surface area contributed by atoms with E-state index >= 15 is 0 Å². The van der Waals surface area contributed by atoms with Gasteiger partial charge in [-0.05, 0) is 61.2 Å². The molecule has 1 aliphatic rings. The van der Waals surface area contributed by atoms with E-state index in [9.17, 15) is 17.6 Å². The molecule has 2 aromatic carbocycles. The lowest BCUT2D eigenvalue weighted by Gasteiger charge is -2.30. The van der Waals surface area contributed by atoms with Gasteiger partial charge in [-0.3, -0.25) is 4.79 Å². The van der Waals surface area contributed by atoms with Crippen LogP contribution in [0.5, 0.6) is 0 Å². The molecule has 168 valence electrons. The summed E-state index contributed by atoms with van der Waals surface area (Å²) in [6, 6.07) is 9.97. The van der Waals surface area contributed by atoms with Crippen molar-refractivity contribution in [1.29, 1.82) is 0 Å². The minimum atomic E-state index is -3.84. The maximum absolute atomic E-state index is 14.5. The first-order chi connectivity index (χ1) is 15.3. The number of sulfonamides is 1. The molecule has 4 rings (SSSR count). The van der Waals surface area contributed by atoms with Gasteiger partial charge in [-0.2, -0.15) is 9.40 Å². The number of aromatic nitrogens is 2. The van der Waals surface area contributed by atoms with Crippen molar-refractivity contribution in [3.8, 4) is 5.69 Å². The van der Waals surface area contributed by atoms with E-state index in [4.69, 9.17) is 11.6 Å². The molecular weight excluding hydrogens is 455 g/mol. The second-order valence-electron chi connectivity index (χ2n) is 7.83. The van der Waals surface area contributed by atoms with Crippen LogP contribution in [0.3, 0.4) is 0 Å². The van der Waals surface area contributed by atoms with Crippen LogP contribution in [0.2, 0.25) is 5.02 Å². The Kier molecular flexibility index (Phi) is 6.32. The smallest absolute Gasteiger partial charge is 0.255 e. The lowest BCUT2D eigenvalue weighted by Crippen LogP contribution is -2.39. The first-order valence-corrected chi connectivity index (χ1v) is 12.0. The third-order valence-corrected chi connectivity index (χ3v) is 7.73. The molecule has 0 radical (unpaired) electrons. The zero-order valence-corrected chi connectivity index (χ0v) is 18.9. The number of hydrogen-bond acceptors (Lipinski definition) is 4. The maximum Gasteiger partial charge on any atom is 0.255 e. The van der Waals surface area contributed by atoms with Gasteiger partial charge in [0, 0.05) is 36.7 Å². The second kappa shape index (κ2) is 9.01. The third kappa shape index (κ3) is 4.55. The van der Waals surface area contributed by atoms with E-state index in [-0.39, 0.29) is 32.8 Å². The fourth-order valence-electron chi connectivity index (χ4n) is 3.73. The van der Waals surface area contributed by atoms with Crippen molar-refractivity contribution < 1.29 is 17.6 Å². The van der Waals surface area contributed by atoms with Gasteiger partial charge in [-0.1, -0.05) is 18.5 Å². The third-order valence-electron chi connectivity index (χ3n) is 5.39. The number of piperidine rings is 1. The summed E-state index contributed by atoms with van der Waals surface area (Å²) in [4.78, 5) is 12.6. The van der Waals surface area contributed by atoms with E-state index in [0.29, 0.717) is 13.1 Å². The molecule has 32 heavy (non-hydrogen) atoms. The van der Waals surface area contributed by atoms with Crippen LogP contribution in [0.25, 0.3) is 5.69 Å². The van der Waals surface area contributed by atoms with Gasteiger partial charge < -0.3 is 5.32 Å². The lowest BCUT2D eigenvalue weighted by molar-refractivity contribution is 0.102. The van der Waals surface area contributed by atoms with Crippen LogP contribution in [0.1, 0.15) is 30.1 Å². The monoisotopic (exact) mass is 476 g/mol. The Morgan fingerprint density at radius 2 is 2.06 bits per heavy atom. The molecule has 1 aromatic heterocycles. The van der Waals surface area contributed by atoms with Crippen LogP contribution in [-0.4, -0.2) is 41.5 Å². The average molecular weight is 477 g/mol. The molecule has 2 heterocycles. The van der Waals surface area contributed by atoms with Gasteiger partial charge in [-0.15, -0.1) is 0 Å². The molecule has 1 aliphatic heterocycles. The number of rotatable bonds is 5. The molecule has 3 aromatic rings. The quantitative estimate of drug-likeness (QED) is 0.593. The van der Waals surface area contributed by atoms with E-state index in [2.05, 4.69) is 10.4 Å². The van der Waals surface area contributed by atoms with Gasteiger partial charge in [0.05, 0.1) is 5.02 Å². The van der Waals surface area contributed by atoms with E-state index in [0.717, 1.165) is 12.8 Å². The Bertz CT molecular complexity index is 1250. The summed E-state index contributed by atoms with van der Waals surface area (Å²) in [6.45, 7) is 2.84. The predicted molar refractivity (Wildman–Crippen MR) is 120 cm³/mol. The molecule has 0 saturated carbocycles. The molecule has 10 heteroatoms. The number of benzene rings is 2. The summed E-state index contributed by atoms with van der Waals surface area (Å²) in [7, 11) is -3.84. The topological polar surface area (TPSA) is 84.3 Å². The van der Waals surface area contributed by atoms with Crippen molar-refractivity contribution in [2.75, 3.05) is 18.4 Å². The number of amides is 1. The molecule has 0 aliphatic carbocycles. The van der Waals surface area contributed by atoms with Crippen LogP contribution in [0, 0.1) is 11.7 Å². The standard InChI is InChI=1S/C22H22ClFN4O3S/c1-15-4-2-10-27(14-15)32(30,31)21-12-16(5-7-18(21)23)22(29)26-17-6-8-20(19(24)13-17)28-11-3-9-25-28/h3,5-9,11-13,15H,2,4,10,14H2,1H3,(H,26,29). The summed E-state index contributed by atoms with van der Waals surface area (Å²) in [5.74, 6) is -0.884. The number of carbonyl (C=O) groups excluding carboxylic acids is 1. The first kappa shape index (κ1) is 22.4. The lowest BCUT2D eigenvalue weighted by atomic mass is 10.0. The number of carbonyl (C=O) groups is 1. The van der Waals surface area contributed by atoms with E-state index in [1.807, 2.05) is 6.92 Å². The molecule has 1 saturated heterocycles. The van der Waals surface area contributed by atoms with Gasteiger partial charge in [0.25, 0.3) is 5.91 Å². The largest absolute Gasteiger partial charge is 0.322 e. The predicted octanol–water partition coefficient (Wildman–Crippen LogP) is 4.34. The Balaban J connectivity index is 1.57. The number of anilines is 1. The van der Waals surface area contributed by atoms with Gasteiger partial charge >= 0.3 is 0 Å².